The second-order valence-electron chi connectivity index (χ2n) is 8.25. The first kappa shape index (κ1) is 25.8. The summed E-state index contributed by atoms with van der Waals surface area (Å²) in [6, 6.07) is 16.6. The van der Waals surface area contributed by atoms with E-state index in [9.17, 15) is 24.6 Å². The Hall–Kier alpha value is -4.30. The van der Waals surface area contributed by atoms with Gasteiger partial charge in [0.2, 0.25) is 0 Å². The van der Waals surface area contributed by atoms with E-state index >= 15 is 0 Å². The van der Waals surface area contributed by atoms with Crippen molar-refractivity contribution in [1.82, 2.24) is 4.90 Å². The number of aromatic carboxylic acids is 1. The van der Waals surface area contributed by atoms with Crippen LogP contribution in [0.4, 0.5) is 0 Å². The van der Waals surface area contributed by atoms with Crippen LogP contribution in [0.1, 0.15) is 40.0 Å². The summed E-state index contributed by atoms with van der Waals surface area (Å²) in [5, 5.41) is 20.9. The Bertz CT molecular complexity index is 1400. The molecule has 3 aromatic carbocycles. The summed E-state index contributed by atoms with van der Waals surface area (Å²) >= 11 is 6.19. The van der Waals surface area contributed by atoms with Crippen molar-refractivity contribution in [2.75, 3.05) is 13.7 Å². The molecule has 0 bridgehead atoms. The number of carboxylic acid groups (broad SMARTS) is 1. The molecule has 9 heteroatoms. The average Bonchev–Trinajstić information content (AvgIpc) is 3.14. The number of aliphatic hydroxyl groups is 1. The molecule has 0 aliphatic carbocycles. The number of hydrogen-bond donors (Lipinski definition) is 2. The Morgan fingerprint density at radius 2 is 1.65 bits per heavy atom. The Balaban J connectivity index is 1.86. The Morgan fingerprint density at radius 1 is 0.973 bits per heavy atom. The Kier molecular flexibility index (Phi) is 7.50. The molecule has 1 amide bonds. The fourth-order valence-corrected chi connectivity index (χ4v) is 4.45. The van der Waals surface area contributed by atoms with Crippen LogP contribution in [0.2, 0.25) is 5.02 Å². The van der Waals surface area contributed by atoms with Crippen molar-refractivity contribution in [3.63, 3.8) is 0 Å². The summed E-state index contributed by atoms with van der Waals surface area (Å²) in [6.45, 7) is 2.13. The van der Waals surface area contributed by atoms with Gasteiger partial charge in [0.15, 0.2) is 0 Å². The van der Waals surface area contributed by atoms with Crippen LogP contribution in [0.15, 0.2) is 72.3 Å². The molecule has 0 radical (unpaired) electrons. The van der Waals surface area contributed by atoms with Gasteiger partial charge in [-0.25, -0.2) is 4.79 Å². The maximum Gasteiger partial charge on any atom is 0.335 e. The van der Waals surface area contributed by atoms with Crippen LogP contribution < -0.4 is 9.47 Å². The number of likely N-dealkylation sites (tertiary alicyclic amines) is 1. The number of para-hydroxylation sites is 1. The normalized spacial score (nSPS) is 16.6. The van der Waals surface area contributed by atoms with E-state index in [4.69, 9.17) is 21.1 Å². The number of methoxy groups -OCH3 is 1. The number of carbonyl (C=O) groups is 3. The predicted octanol–water partition coefficient (Wildman–Crippen LogP) is 5.07. The van der Waals surface area contributed by atoms with Crippen molar-refractivity contribution in [1.29, 1.82) is 0 Å². The number of benzene rings is 3. The molecule has 1 aliphatic rings. The Labute approximate surface area is 218 Å². The molecule has 1 aliphatic heterocycles. The van der Waals surface area contributed by atoms with E-state index in [1.165, 1.54) is 36.3 Å². The summed E-state index contributed by atoms with van der Waals surface area (Å²) in [4.78, 5) is 39.2. The Morgan fingerprint density at radius 3 is 2.30 bits per heavy atom. The molecule has 8 nitrogen and oxygen atoms in total. The minimum absolute atomic E-state index is 0.00518. The van der Waals surface area contributed by atoms with Crippen molar-refractivity contribution in [2.24, 2.45) is 0 Å². The number of carbonyl (C=O) groups excluding carboxylic acids is 2. The molecule has 4 rings (SSSR count). The van der Waals surface area contributed by atoms with E-state index in [1.54, 1.807) is 49.4 Å². The number of aliphatic hydroxyl groups excluding tert-OH is 1. The zero-order valence-corrected chi connectivity index (χ0v) is 20.9. The molecule has 190 valence electrons. The van der Waals surface area contributed by atoms with E-state index in [0.29, 0.717) is 34.3 Å². The highest BCUT2D eigenvalue weighted by atomic mass is 35.5. The van der Waals surface area contributed by atoms with Crippen molar-refractivity contribution < 1.29 is 34.1 Å². The first-order valence-electron chi connectivity index (χ1n) is 11.4. The molecule has 0 spiro atoms. The van der Waals surface area contributed by atoms with E-state index < -0.39 is 23.7 Å². The largest absolute Gasteiger partial charge is 0.507 e. The van der Waals surface area contributed by atoms with Gasteiger partial charge in [0.1, 0.15) is 17.3 Å². The van der Waals surface area contributed by atoms with Gasteiger partial charge in [0.25, 0.3) is 11.7 Å². The number of nitrogens with zero attached hydrogens (tertiary/aromatic N) is 1. The fourth-order valence-electron chi connectivity index (χ4n) is 4.28. The van der Waals surface area contributed by atoms with Crippen molar-refractivity contribution in [2.45, 2.75) is 19.5 Å². The number of hydrogen-bond acceptors (Lipinski definition) is 6. The van der Waals surface area contributed by atoms with Crippen LogP contribution in [-0.4, -0.2) is 46.5 Å². The second kappa shape index (κ2) is 10.8. The molecule has 1 fully saturated rings. The fraction of sp³-hybridized carbons (Fsp3) is 0.179. The first-order chi connectivity index (χ1) is 17.8. The lowest BCUT2D eigenvalue weighted by atomic mass is 9.94. The van der Waals surface area contributed by atoms with Gasteiger partial charge < -0.3 is 24.6 Å². The number of amides is 1. The van der Waals surface area contributed by atoms with Crippen LogP contribution in [0, 0.1) is 0 Å². The standard InChI is InChI=1S/C28H24ClNO7/c1-3-37-22-14-18(12-13-20(22)29)25(31)23-24(19-6-4-5-7-21(19)36-2)30(27(33)26(23)32)15-16-8-10-17(11-9-16)28(34)35/h4-14,24,31H,3,15H2,1-2H3,(H,34,35)/b25-23+. The zero-order chi connectivity index (χ0) is 26.7. The quantitative estimate of drug-likeness (QED) is 0.242. The van der Waals surface area contributed by atoms with E-state index in [0.717, 1.165) is 0 Å². The van der Waals surface area contributed by atoms with Gasteiger partial charge >= 0.3 is 5.97 Å². The monoisotopic (exact) mass is 521 g/mol. The topological polar surface area (TPSA) is 113 Å². The number of carboxylic acids is 1. The molecule has 1 unspecified atom stereocenters. The third-order valence-electron chi connectivity index (χ3n) is 6.03. The lowest BCUT2D eigenvalue weighted by Crippen LogP contribution is -2.29. The lowest BCUT2D eigenvalue weighted by Gasteiger charge is -2.26. The number of Topliss-reactive ketones (excluding diaryl/α,β-unsaturated/α-hetero) is 1. The van der Waals surface area contributed by atoms with Gasteiger partial charge in [0.05, 0.1) is 35.9 Å². The smallest absolute Gasteiger partial charge is 0.335 e. The number of rotatable bonds is 8. The molecule has 37 heavy (non-hydrogen) atoms. The predicted molar refractivity (Wildman–Crippen MR) is 137 cm³/mol. The zero-order valence-electron chi connectivity index (χ0n) is 20.1. The average molecular weight is 522 g/mol. The van der Waals surface area contributed by atoms with Gasteiger partial charge in [-0.3, -0.25) is 9.59 Å². The molecule has 3 aromatic rings. The molecule has 1 saturated heterocycles. The van der Waals surface area contributed by atoms with Gasteiger partial charge in [-0.05, 0) is 48.9 Å². The minimum Gasteiger partial charge on any atom is -0.507 e. The highest BCUT2D eigenvalue weighted by Crippen LogP contribution is 2.44. The number of ether oxygens (including phenoxy) is 2. The van der Waals surface area contributed by atoms with Crippen LogP contribution >= 0.6 is 11.6 Å². The molecular weight excluding hydrogens is 498 g/mol. The molecular formula is C28H24ClNO7. The highest BCUT2D eigenvalue weighted by Gasteiger charge is 2.47. The molecule has 0 saturated carbocycles. The molecule has 0 aromatic heterocycles. The number of halogens is 1. The maximum atomic E-state index is 13.3. The molecule has 1 atom stereocenters. The van der Waals surface area contributed by atoms with Crippen LogP contribution in [-0.2, 0) is 16.1 Å². The van der Waals surface area contributed by atoms with Gasteiger partial charge in [0, 0.05) is 17.7 Å². The summed E-state index contributed by atoms with van der Waals surface area (Å²) in [5.41, 5.74) is 1.36. The van der Waals surface area contributed by atoms with E-state index in [2.05, 4.69) is 0 Å². The summed E-state index contributed by atoms with van der Waals surface area (Å²) in [7, 11) is 1.48. The number of ketones is 1. The van der Waals surface area contributed by atoms with Crippen LogP contribution in [0.5, 0.6) is 11.5 Å². The third-order valence-corrected chi connectivity index (χ3v) is 6.34. The van der Waals surface area contributed by atoms with Gasteiger partial charge in [-0.1, -0.05) is 41.9 Å². The van der Waals surface area contributed by atoms with E-state index in [-0.39, 0.29) is 29.0 Å². The van der Waals surface area contributed by atoms with Gasteiger partial charge in [-0.15, -0.1) is 0 Å². The van der Waals surface area contributed by atoms with E-state index in [1.807, 2.05) is 0 Å². The molecule has 2 N–H and O–H groups in total. The second-order valence-corrected chi connectivity index (χ2v) is 8.66. The summed E-state index contributed by atoms with van der Waals surface area (Å²) < 4.78 is 11.0. The van der Waals surface area contributed by atoms with Crippen LogP contribution in [0.25, 0.3) is 5.76 Å². The summed E-state index contributed by atoms with van der Waals surface area (Å²) in [5.74, 6) is -2.36. The maximum absolute atomic E-state index is 13.3. The van der Waals surface area contributed by atoms with Gasteiger partial charge in [-0.2, -0.15) is 0 Å². The first-order valence-corrected chi connectivity index (χ1v) is 11.8. The SMILES string of the molecule is CCOc1cc(/C(O)=C2\C(=O)C(=O)N(Cc3ccc(C(=O)O)cc3)C2c2ccccc2OC)ccc1Cl. The molecule has 1 heterocycles. The highest BCUT2D eigenvalue weighted by molar-refractivity contribution is 6.46. The van der Waals surface area contributed by atoms with Crippen molar-refractivity contribution in [3.05, 3.63) is 99.6 Å². The minimum atomic E-state index is -1.07. The van der Waals surface area contributed by atoms with Crippen LogP contribution in [0.3, 0.4) is 0 Å². The van der Waals surface area contributed by atoms with Crippen molar-refractivity contribution in [3.8, 4) is 11.5 Å². The van der Waals surface area contributed by atoms with Crippen molar-refractivity contribution >= 4 is 35.0 Å². The third kappa shape index (κ3) is 5.01. The summed E-state index contributed by atoms with van der Waals surface area (Å²) in [6.07, 6.45) is 0. The lowest BCUT2D eigenvalue weighted by molar-refractivity contribution is -0.140.